The molecule has 2 aromatic carbocycles. The zero-order chi connectivity index (χ0) is 31.7. The highest BCUT2D eigenvalue weighted by Gasteiger charge is 2.34. The quantitative estimate of drug-likeness (QED) is 0.188. The van der Waals surface area contributed by atoms with Crippen LogP contribution in [0.25, 0.3) is 5.65 Å². The van der Waals surface area contributed by atoms with Crippen LogP contribution in [0.5, 0.6) is 0 Å². The molecule has 226 valence electrons. The van der Waals surface area contributed by atoms with Crippen LogP contribution >= 0.6 is 0 Å². The standard InChI is InChI=1S/C31H23F4N9O/c1-19-10-27(32)25(30(45)41-22-7-5-21(15-43-18-36-17-39-43)26(12-22)31(33,34)35)11-20(19)6-8-24-14-37-29-28(4-3-9-44(24)29)40-23-13-38-42(2)16-23/h3-5,7,9-14,16-18,40H,15H2,1-2H3,(H,41,45). The lowest BCUT2D eigenvalue weighted by Crippen LogP contribution is -2.17. The summed E-state index contributed by atoms with van der Waals surface area (Å²) in [6.07, 6.45) is 4.70. The zero-order valence-electron chi connectivity index (χ0n) is 23.8. The molecular weight excluding hydrogens is 590 g/mol. The first kappa shape index (κ1) is 29.1. The number of halogens is 4. The monoisotopic (exact) mass is 613 g/mol. The van der Waals surface area contributed by atoms with Gasteiger partial charge in [0.1, 0.15) is 24.2 Å². The number of benzene rings is 2. The van der Waals surface area contributed by atoms with Gasteiger partial charge in [-0.05, 0) is 60.4 Å². The normalized spacial score (nSPS) is 11.3. The maximum Gasteiger partial charge on any atom is 0.416 e. The second-order valence-corrected chi connectivity index (χ2v) is 10.1. The van der Waals surface area contributed by atoms with E-state index in [1.807, 2.05) is 25.4 Å². The lowest BCUT2D eigenvalue weighted by atomic mass is 10.0. The van der Waals surface area contributed by atoms with Gasteiger partial charge in [-0.3, -0.25) is 13.9 Å². The minimum Gasteiger partial charge on any atom is -0.350 e. The highest BCUT2D eigenvalue weighted by atomic mass is 19.4. The van der Waals surface area contributed by atoms with E-state index in [0.29, 0.717) is 22.5 Å². The SMILES string of the molecule is Cc1cc(F)c(C(=O)Nc2ccc(Cn3cncn3)c(C(F)(F)F)c2)cc1C#Cc1cnc2c(Nc3cnn(C)c3)cccn12. The molecule has 0 aliphatic carbocycles. The number of aryl methyl sites for hydroxylation is 2. The van der Waals surface area contributed by atoms with Gasteiger partial charge < -0.3 is 10.6 Å². The van der Waals surface area contributed by atoms with Crippen LogP contribution in [-0.4, -0.2) is 39.8 Å². The van der Waals surface area contributed by atoms with Crippen LogP contribution in [0.4, 0.5) is 34.6 Å². The van der Waals surface area contributed by atoms with Crippen molar-refractivity contribution in [3.05, 3.63) is 119 Å². The van der Waals surface area contributed by atoms with Gasteiger partial charge in [-0.15, -0.1) is 0 Å². The Hall–Kier alpha value is -5.97. The van der Waals surface area contributed by atoms with Crippen molar-refractivity contribution in [2.24, 2.45) is 7.05 Å². The molecule has 6 aromatic rings. The summed E-state index contributed by atoms with van der Waals surface area (Å²) in [5, 5.41) is 13.6. The molecule has 0 saturated carbocycles. The van der Waals surface area contributed by atoms with Crippen molar-refractivity contribution in [1.82, 2.24) is 33.9 Å². The topological polar surface area (TPSA) is 107 Å². The van der Waals surface area contributed by atoms with Crippen LogP contribution in [-0.2, 0) is 19.8 Å². The molecule has 0 unspecified atom stereocenters. The molecule has 2 N–H and O–H groups in total. The van der Waals surface area contributed by atoms with E-state index in [9.17, 15) is 22.4 Å². The Bertz CT molecular complexity index is 2100. The average Bonchev–Trinajstić information content (AvgIpc) is 3.75. The van der Waals surface area contributed by atoms with Crippen molar-refractivity contribution in [3.63, 3.8) is 0 Å². The van der Waals surface area contributed by atoms with Crippen LogP contribution in [0, 0.1) is 24.6 Å². The Balaban J connectivity index is 1.26. The third kappa shape index (κ3) is 6.23. The fraction of sp³-hybridized carbons (Fsp3) is 0.129. The van der Waals surface area contributed by atoms with Crippen molar-refractivity contribution >= 4 is 28.6 Å². The van der Waals surface area contributed by atoms with Gasteiger partial charge in [0, 0.05) is 30.7 Å². The number of hydrogen-bond acceptors (Lipinski definition) is 6. The van der Waals surface area contributed by atoms with E-state index in [4.69, 9.17) is 0 Å². The number of imidazole rings is 1. The number of pyridine rings is 1. The third-order valence-corrected chi connectivity index (χ3v) is 6.88. The first-order chi connectivity index (χ1) is 21.5. The molecule has 0 radical (unpaired) electrons. The van der Waals surface area contributed by atoms with E-state index >= 15 is 0 Å². The number of anilines is 3. The minimum absolute atomic E-state index is 0.0718. The van der Waals surface area contributed by atoms with E-state index in [1.54, 1.807) is 34.6 Å². The third-order valence-electron chi connectivity index (χ3n) is 6.88. The van der Waals surface area contributed by atoms with Crippen LogP contribution in [0.2, 0.25) is 0 Å². The predicted octanol–water partition coefficient (Wildman–Crippen LogP) is 5.57. The second kappa shape index (κ2) is 11.6. The van der Waals surface area contributed by atoms with Gasteiger partial charge in [-0.25, -0.2) is 19.0 Å². The van der Waals surface area contributed by atoms with E-state index in [0.717, 1.165) is 23.5 Å². The number of hydrogen-bond donors (Lipinski definition) is 2. The number of amides is 1. The summed E-state index contributed by atoms with van der Waals surface area (Å²) in [7, 11) is 1.81. The number of carbonyl (C=O) groups excluding carboxylic acids is 1. The molecule has 0 aliphatic heterocycles. The van der Waals surface area contributed by atoms with E-state index in [-0.39, 0.29) is 23.4 Å². The summed E-state index contributed by atoms with van der Waals surface area (Å²) < 4.78 is 61.2. The average molecular weight is 614 g/mol. The number of rotatable bonds is 6. The molecule has 10 nitrogen and oxygen atoms in total. The van der Waals surface area contributed by atoms with Crippen molar-refractivity contribution in [3.8, 4) is 11.8 Å². The number of nitrogens with zero attached hydrogens (tertiary/aromatic N) is 7. The number of aromatic nitrogens is 7. The Morgan fingerprint density at radius 1 is 1.04 bits per heavy atom. The maximum absolute atomic E-state index is 14.9. The van der Waals surface area contributed by atoms with Crippen LogP contribution in [0.1, 0.15) is 38.3 Å². The summed E-state index contributed by atoms with van der Waals surface area (Å²) in [5.41, 5.74) is 1.96. The minimum atomic E-state index is -4.71. The van der Waals surface area contributed by atoms with Gasteiger partial charge in [0.15, 0.2) is 5.65 Å². The summed E-state index contributed by atoms with van der Waals surface area (Å²) in [6.45, 7) is 1.47. The first-order valence-corrected chi connectivity index (χ1v) is 13.4. The molecule has 6 rings (SSSR count). The highest BCUT2D eigenvalue weighted by Crippen LogP contribution is 2.34. The lowest BCUT2D eigenvalue weighted by Gasteiger charge is -2.15. The predicted molar refractivity (Wildman–Crippen MR) is 157 cm³/mol. The van der Waals surface area contributed by atoms with Gasteiger partial charge in [0.05, 0.1) is 41.4 Å². The van der Waals surface area contributed by atoms with Gasteiger partial charge in [-0.2, -0.15) is 23.4 Å². The molecule has 4 aromatic heterocycles. The van der Waals surface area contributed by atoms with E-state index < -0.39 is 23.5 Å². The van der Waals surface area contributed by atoms with Crippen LogP contribution in [0.15, 0.2) is 79.9 Å². The molecule has 45 heavy (non-hydrogen) atoms. The fourth-order valence-electron chi connectivity index (χ4n) is 4.70. The molecule has 14 heteroatoms. The molecule has 0 saturated heterocycles. The summed E-state index contributed by atoms with van der Waals surface area (Å²) >= 11 is 0. The molecular formula is C31H23F4N9O. The van der Waals surface area contributed by atoms with Gasteiger partial charge >= 0.3 is 6.18 Å². The Labute approximate surface area is 253 Å². The highest BCUT2D eigenvalue weighted by molar-refractivity contribution is 6.04. The Kier molecular flexibility index (Phi) is 7.51. The molecule has 0 spiro atoms. The molecule has 0 aliphatic rings. The van der Waals surface area contributed by atoms with Crippen molar-refractivity contribution in [2.45, 2.75) is 19.6 Å². The number of carbonyl (C=O) groups is 1. The second-order valence-electron chi connectivity index (χ2n) is 10.1. The summed E-state index contributed by atoms with van der Waals surface area (Å²) in [6, 6.07) is 9.48. The van der Waals surface area contributed by atoms with E-state index in [1.165, 1.54) is 35.5 Å². The Morgan fingerprint density at radius 3 is 2.62 bits per heavy atom. The number of nitrogens with one attached hydrogen (secondary N) is 2. The molecule has 0 bridgehead atoms. The number of alkyl halides is 3. The number of fused-ring (bicyclic) bond motifs is 1. The van der Waals surface area contributed by atoms with Crippen LogP contribution in [0.3, 0.4) is 0 Å². The van der Waals surface area contributed by atoms with Crippen molar-refractivity contribution in [2.75, 3.05) is 10.6 Å². The smallest absolute Gasteiger partial charge is 0.350 e. The summed E-state index contributed by atoms with van der Waals surface area (Å²) in [5.74, 6) is 4.23. The van der Waals surface area contributed by atoms with E-state index in [2.05, 4.69) is 42.6 Å². The summed E-state index contributed by atoms with van der Waals surface area (Å²) in [4.78, 5) is 21.3. The molecule has 4 heterocycles. The van der Waals surface area contributed by atoms with Crippen molar-refractivity contribution < 1.29 is 22.4 Å². The largest absolute Gasteiger partial charge is 0.416 e. The van der Waals surface area contributed by atoms with Gasteiger partial charge in [0.25, 0.3) is 5.91 Å². The molecule has 0 fully saturated rings. The van der Waals surface area contributed by atoms with Crippen LogP contribution < -0.4 is 10.6 Å². The lowest BCUT2D eigenvalue weighted by molar-refractivity contribution is -0.138. The Morgan fingerprint density at radius 2 is 1.89 bits per heavy atom. The first-order valence-electron chi connectivity index (χ1n) is 13.4. The molecule has 1 amide bonds. The fourth-order valence-corrected chi connectivity index (χ4v) is 4.70. The maximum atomic E-state index is 14.9. The zero-order valence-corrected chi connectivity index (χ0v) is 23.8. The van der Waals surface area contributed by atoms with Crippen molar-refractivity contribution in [1.29, 1.82) is 0 Å². The van der Waals surface area contributed by atoms with Gasteiger partial charge in [-0.1, -0.05) is 12.0 Å². The van der Waals surface area contributed by atoms with Gasteiger partial charge in [0.2, 0.25) is 0 Å². The molecule has 0 atom stereocenters.